The molecule has 0 atom stereocenters. The van der Waals surface area contributed by atoms with Gasteiger partial charge >= 0.3 is 11.9 Å². The molecule has 1 aromatic rings. The van der Waals surface area contributed by atoms with E-state index in [4.69, 9.17) is 28.8 Å². The van der Waals surface area contributed by atoms with Gasteiger partial charge in [-0.3, -0.25) is 4.79 Å². The van der Waals surface area contributed by atoms with Gasteiger partial charge in [-0.2, -0.15) is 0 Å². The van der Waals surface area contributed by atoms with Crippen LogP contribution >= 0.6 is 0 Å². The normalized spacial score (nSPS) is 11.5. The Hall–Kier alpha value is -2.00. The van der Waals surface area contributed by atoms with Crippen LogP contribution in [0.1, 0.15) is 56.0 Å². The molecule has 0 aliphatic heterocycles. The highest BCUT2D eigenvalue weighted by molar-refractivity contribution is 5.87. The van der Waals surface area contributed by atoms with Gasteiger partial charge in [-0.05, 0) is 57.7 Å². The maximum atomic E-state index is 11.5. The molecule has 0 bridgehead atoms. The maximum Gasteiger partial charge on any atom is 0.335 e. The molecule has 0 saturated heterocycles. The summed E-state index contributed by atoms with van der Waals surface area (Å²) in [6, 6.07) is 6.97. The first kappa shape index (κ1) is 28.0. The van der Waals surface area contributed by atoms with E-state index in [1.807, 2.05) is 26.8 Å². The van der Waals surface area contributed by atoms with Gasteiger partial charge in [0.05, 0.1) is 45.0 Å². The first-order valence-electron chi connectivity index (χ1n) is 11.1. The zero-order valence-electron chi connectivity index (χ0n) is 19.6. The third-order valence-electron chi connectivity index (χ3n) is 4.12. The Balaban J connectivity index is 1.82. The molecule has 0 radical (unpaired) electrons. The van der Waals surface area contributed by atoms with Gasteiger partial charge in [0.15, 0.2) is 0 Å². The minimum absolute atomic E-state index is 0.241. The summed E-state index contributed by atoms with van der Waals surface area (Å²) in [6.45, 7) is 9.62. The standard InChI is InChI=1S/C24H38O8/c1-24(2,3)32-22(25)10-14-31-18-17-30-13-6-12-29-16-15-28-11-5-8-20-7-4-9-21(19-20)23(26)27/h4,7,9,19H,5-6,8,10-18H2,1-3H3,(H,26,27). The van der Waals surface area contributed by atoms with Gasteiger partial charge in [0.25, 0.3) is 0 Å². The fourth-order valence-electron chi connectivity index (χ4n) is 2.69. The molecule has 0 aromatic heterocycles. The number of benzene rings is 1. The molecular formula is C24H38O8. The average Bonchev–Trinajstić information content (AvgIpc) is 2.72. The van der Waals surface area contributed by atoms with E-state index in [1.54, 1.807) is 18.2 Å². The zero-order chi connectivity index (χ0) is 23.7. The van der Waals surface area contributed by atoms with Crippen LogP contribution in [0.5, 0.6) is 0 Å². The van der Waals surface area contributed by atoms with Crippen molar-refractivity contribution in [2.45, 2.75) is 52.1 Å². The third-order valence-corrected chi connectivity index (χ3v) is 4.12. The number of esters is 1. The van der Waals surface area contributed by atoms with Crippen LogP contribution in [-0.4, -0.2) is 75.5 Å². The molecule has 8 nitrogen and oxygen atoms in total. The number of carbonyl (C=O) groups is 2. The van der Waals surface area contributed by atoms with E-state index < -0.39 is 11.6 Å². The zero-order valence-corrected chi connectivity index (χ0v) is 19.6. The maximum absolute atomic E-state index is 11.5. The first-order chi connectivity index (χ1) is 15.3. The van der Waals surface area contributed by atoms with Crippen LogP contribution in [-0.2, 0) is 34.9 Å². The van der Waals surface area contributed by atoms with E-state index >= 15 is 0 Å². The number of aryl methyl sites for hydroxylation is 1. The first-order valence-corrected chi connectivity index (χ1v) is 11.1. The number of hydrogen-bond donors (Lipinski definition) is 1. The predicted octanol–water partition coefficient (Wildman–Crippen LogP) is 3.51. The summed E-state index contributed by atoms with van der Waals surface area (Å²) < 4.78 is 27.0. The summed E-state index contributed by atoms with van der Waals surface area (Å²) in [7, 11) is 0. The largest absolute Gasteiger partial charge is 0.478 e. The van der Waals surface area contributed by atoms with Gasteiger partial charge in [0.1, 0.15) is 5.60 Å². The van der Waals surface area contributed by atoms with Gasteiger partial charge < -0.3 is 28.8 Å². The summed E-state index contributed by atoms with van der Waals surface area (Å²) in [6.07, 6.45) is 2.64. The van der Waals surface area contributed by atoms with Crippen LogP contribution < -0.4 is 0 Å². The molecule has 1 rings (SSSR count). The molecule has 0 fully saturated rings. The lowest BCUT2D eigenvalue weighted by Crippen LogP contribution is -2.24. The van der Waals surface area contributed by atoms with Gasteiger partial charge in [0.2, 0.25) is 0 Å². The smallest absolute Gasteiger partial charge is 0.335 e. The van der Waals surface area contributed by atoms with Crippen LogP contribution in [0.25, 0.3) is 0 Å². The fraction of sp³-hybridized carbons (Fsp3) is 0.667. The van der Waals surface area contributed by atoms with E-state index in [0.717, 1.165) is 24.8 Å². The Labute approximate surface area is 191 Å². The van der Waals surface area contributed by atoms with Crippen LogP contribution in [0.15, 0.2) is 24.3 Å². The number of hydrogen-bond acceptors (Lipinski definition) is 7. The molecule has 32 heavy (non-hydrogen) atoms. The lowest BCUT2D eigenvalue weighted by Gasteiger charge is -2.19. The average molecular weight is 455 g/mol. The van der Waals surface area contributed by atoms with E-state index in [1.165, 1.54) is 0 Å². The summed E-state index contributed by atoms with van der Waals surface area (Å²) >= 11 is 0. The molecule has 0 heterocycles. The van der Waals surface area contributed by atoms with Crippen molar-refractivity contribution in [3.63, 3.8) is 0 Å². The number of ether oxygens (including phenoxy) is 5. The molecule has 1 aromatic carbocycles. The van der Waals surface area contributed by atoms with Crippen molar-refractivity contribution in [3.05, 3.63) is 35.4 Å². The van der Waals surface area contributed by atoms with E-state index in [2.05, 4.69) is 0 Å². The lowest BCUT2D eigenvalue weighted by molar-refractivity contribution is -0.156. The van der Waals surface area contributed by atoms with E-state index in [0.29, 0.717) is 58.4 Å². The SMILES string of the molecule is CC(C)(C)OC(=O)CCOCCOCCCOCCOCCCc1cccc(C(=O)O)c1. The van der Waals surface area contributed by atoms with E-state index in [-0.39, 0.29) is 12.4 Å². The number of rotatable bonds is 18. The molecular weight excluding hydrogens is 416 g/mol. The second-order valence-corrected chi connectivity index (χ2v) is 8.25. The Morgan fingerprint density at radius 3 is 1.94 bits per heavy atom. The Morgan fingerprint density at radius 1 is 0.812 bits per heavy atom. The number of carbonyl (C=O) groups excluding carboxylic acids is 1. The molecule has 0 aliphatic rings. The minimum atomic E-state index is -0.908. The quantitative estimate of drug-likeness (QED) is 0.266. The van der Waals surface area contributed by atoms with Crippen LogP contribution in [0.2, 0.25) is 0 Å². The highest BCUT2D eigenvalue weighted by Crippen LogP contribution is 2.09. The molecule has 0 aliphatic carbocycles. The topological polar surface area (TPSA) is 101 Å². The fourth-order valence-corrected chi connectivity index (χ4v) is 2.69. The molecule has 0 unspecified atom stereocenters. The Kier molecular flexibility index (Phi) is 14.5. The van der Waals surface area contributed by atoms with E-state index in [9.17, 15) is 9.59 Å². The number of carboxylic acid groups (broad SMARTS) is 1. The highest BCUT2D eigenvalue weighted by atomic mass is 16.6. The van der Waals surface area contributed by atoms with Crippen molar-refractivity contribution in [2.75, 3.05) is 52.9 Å². The van der Waals surface area contributed by atoms with Gasteiger partial charge in [-0.1, -0.05) is 12.1 Å². The van der Waals surface area contributed by atoms with Crippen molar-refractivity contribution in [2.24, 2.45) is 0 Å². The van der Waals surface area contributed by atoms with Crippen LogP contribution in [0.4, 0.5) is 0 Å². The Morgan fingerprint density at radius 2 is 1.38 bits per heavy atom. The predicted molar refractivity (Wildman–Crippen MR) is 120 cm³/mol. The molecule has 0 spiro atoms. The minimum Gasteiger partial charge on any atom is -0.478 e. The van der Waals surface area contributed by atoms with Crippen molar-refractivity contribution in [1.29, 1.82) is 0 Å². The molecule has 8 heteroatoms. The second kappa shape index (κ2) is 16.6. The summed E-state index contributed by atoms with van der Waals surface area (Å²) in [5.41, 5.74) is 0.844. The van der Waals surface area contributed by atoms with Crippen molar-refractivity contribution >= 4 is 11.9 Å². The van der Waals surface area contributed by atoms with Crippen molar-refractivity contribution in [1.82, 2.24) is 0 Å². The monoisotopic (exact) mass is 454 g/mol. The molecule has 182 valence electrons. The second-order valence-electron chi connectivity index (χ2n) is 8.25. The number of aromatic carboxylic acids is 1. The van der Waals surface area contributed by atoms with Crippen molar-refractivity contribution < 1.29 is 38.4 Å². The number of carboxylic acids is 1. The molecule has 1 N–H and O–H groups in total. The highest BCUT2D eigenvalue weighted by Gasteiger charge is 2.15. The summed E-state index contributed by atoms with van der Waals surface area (Å²) in [4.78, 5) is 22.5. The van der Waals surface area contributed by atoms with Crippen LogP contribution in [0.3, 0.4) is 0 Å². The van der Waals surface area contributed by atoms with Gasteiger partial charge in [-0.15, -0.1) is 0 Å². The summed E-state index contributed by atoms with van der Waals surface area (Å²) in [5, 5.41) is 8.99. The third kappa shape index (κ3) is 15.8. The Bertz CT molecular complexity index is 654. The van der Waals surface area contributed by atoms with Gasteiger partial charge in [0, 0.05) is 19.8 Å². The molecule has 0 amide bonds. The van der Waals surface area contributed by atoms with Crippen molar-refractivity contribution in [3.8, 4) is 0 Å². The van der Waals surface area contributed by atoms with Gasteiger partial charge in [-0.25, -0.2) is 4.79 Å². The molecule has 0 saturated carbocycles. The van der Waals surface area contributed by atoms with Crippen LogP contribution in [0, 0.1) is 0 Å². The lowest BCUT2D eigenvalue weighted by atomic mass is 10.1. The summed E-state index contributed by atoms with van der Waals surface area (Å²) in [5.74, 6) is -1.17.